The molecule has 0 saturated heterocycles. The Balaban J connectivity index is 2.24. The van der Waals surface area contributed by atoms with Gasteiger partial charge >= 0.3 is 11.9 Å². The first-order chi connectivity index (χ1) is 9.08. The highest BCUT2D eigenvalue weighted by atomic mass is 16.5. The molecule has 0 aliphatic rings. The van der Waals surface area contributed by atoms with Gasteiger partial charge in [-0.15, -0.1) is 0 Å². The number of fused-ring (bicyclic) bond motifs is 1. The van der Waals surface area contributed by atoms with Crippen molar-refractivity contribution in [1.29, 1.82) is 0 Å². The van der Waals surface area contributed by atoms with Crippen LogP contribution in [0.5, 0.6) is 5.75 Å². The molecule has 0 aliphatic heterocycles. The lowest BCUT2D eigenvalue weighted by Gasteiger charge is -2.08. The molecule has 2 aromatic rings. The van der Waals surface area contributed by atoms with Crippen LogP contribution >= 0.6 is 0 Å². The van der Waals surface area contributed by atoms with Crippen LogP contribution in [0.15, 0.2) is 54.6 Å². The third-order valence-electron chi connectivity index (χ3n) is 2.61. The van der Waals surface area contributed by atoms with Crippen LogP contribution in [0.25, 0.3) is 10.8 Å². The standard InChI is InChI=1S/C15H12O4/c1-10(9-14(16)17)15(18)19-13-8-4-6-11-5-2-3-7-12(11)13/h2-8H,1,9H2,(H,16,17). The van der Waals surface area contributed by atoms with Crippen molar-refractivity contribution < 1.29 is 19.4 Å². The van der Waals surface area contributed by atoms with Crippen molar-refractivity contribution in [2.45, 2.75) is 6.42 Å². The zero-order chi connectivity index (χ0) is 13.8. The summed E-state index contributed by atoms with van der Waals surface area (Å²) in [7, 11) is 0. The van der Waals surface area contributed by atoms with E-state index in [1.54, 1.807) is 12.1 Å². The van der Waals surface area contributed by atoms with Crippen molar-refractivity contribution in [3.05, 3.63) is 54.6 Å². The van der Waals surface area contributed by atoms with E-state index in [1.807, 2.05) is 30.3 Å². The van der Waals surface area contributed by atoms with E-state index in [0.29, 0.717) is 5.75 Å². The summed E-state index contributed by atoms with van der Waals surface area (Å²) in [6, 6.07) is 12.8. The quantitative estimate of drug-likeness (QED) is 0.519. The van der Waals surface area contributed by atoms with Gasteiger partial charge in [0.25, 0.3) is 0 Å². The summed E-state index contributed by atoms with van der Waals surface area (Å²) >= 11 is 0. The normalized spacial score (nSPS) is 10.1. The molecule has 1 N–H and O–H groups in total. The van der Waals surface area contributed by atoms with E-state index in [2.05, 4.69) is 6.58 Å². The number of carboxylic acids is 1. The molecule has 0 amide bonds. The van der Waals surface area contributed by atoms with Gasteiger partial charge in [0.1, 0.15) is 5.75 Å². The maximum absolute atomic E-state index is 11.7. The van der Waals surface area contributed by atoms with Crippen molar-refractivity contribution in [2.24, 2.45) is 0 Å². The predicted octanol–water partition coefficient (Wildman–Crippen LogP) is 2.78. The molecule has 0 bridgehead atoms. The zero-order valence-electron chi connectivity index (χ0n) is 10.1. The van der Waals surface area contributed by atoms with Crippen LogP contribution in [0, 0.1) is 0 Å². The van der Waals surface area contributed by atoms with Crippen molar-refractivity contribution in [3.8, 4) is 5.75 Å². The third-order valence-corrected chi connectivity index (χ3v) is 2.61. The number of aliphatic carboxylic acids is 1. The van der Waals surface area contributed by atoms with Crippen molar-refractivity contribution in [2.75, 3.05) is 0 Å². The van der Waals surface area contributed by atoms with Crippen LogP contribution in [0.3, 0.4) is 0 Å². The molecule has 0 heterocycles. The molecule has 0 saturated carbocycles. The molecule has 4 nitrogen and oxygen atoms in total. The van der Waals surface area contributed by atoms with E-state index in [-0.39, 0.29) is 5.57 Å². The summed E-state index contributed by atoms with van der Waals surface area (Å²) in [5.41, 5.74) is -0.0829. The second kappa shape index (κ2) is 5.35. The number of carbonyl (C=O) groups excluding carboxylic acids is 1. The second-order valence-electron chi connectivity index (χ2n) is 4.04. The maximum atomic E-state index is 11.7. The average molecular weight is 256 g/mol. The third kappa shape index (κ3) is 2.98. The Hall–Kier alpha value is -2.62. The fourth-order valence-corrected chi connectivity index (χ4v) is 1.71. The molecular weight excluding hydrogens is 244 g/mol. The van der Waals surface area contributed by atoms with Gasteiger partial charge in [-0.2, -0.15) is 0 Å². The molecule has 2 aromatic carbocycles. The number of hydrogen-bond donors (Lipinski definition) is 1. The van der Waals surface area contributed by atoms with Crippen LogP contribution in [0.1, 0.15) is 6.42 Å². The Morgan fingerprint density at radius 1 is 1.11 bits per heavy atom. The number of benzene rings is 2. The molecular formula is C15H12O4. The van der Waals surface area contributed by atoms with Crippen molar-refractivity contribution >= 4 is 22.7 Å². The van der Waals surface area contributed by atoms with Crippen LogP contribution in [0.4, 0.5) is 0 Å². The zero-order valence-corrected chi connectivity index (χ0v) is 10.1. The smallest absolute Gasteiger partial charge is 0.339 e. The first-order valence-corrected chi connectivity index (χ1v) is 5.67. The minimum atomic E-state index is -1.11. The lowest BCUT2D eigenvalue weighted by atomic mass is 10.1. The van der Waals surface area contributed by atoms with Crippen LogP contribution in [0.2, 0.25) is 0 Å². The lowest BCUT2D eigenvalue weighted by molar-refractivity contribution is -0.138. The van der Waals surface area contributed by atoms with E-state index < -0.39 is 18.4 Å². The largest absolute Gasteiger partial charge is 0.481 e. The van der Waals surface area contributed by atoms with E-state index in [0.717, 1.165) is 10.8 Å². The molecule has 0 unspecified atom stereocenters. The summed E-state index contributed by atoms with van der Waals surface area (Å²) in [6.07, 6.45) is -0.427. The highest BCUT2D eigenvalue weighted by Crippen LogP contribution is 2.25. The van der Waals surface area contributed by atoms with E-state index in [4.69, 9.17) is 9.84 Å². The number of carboxylic acid groups (broad SMARTS) is 1. The molecule has 0 aliphatic carbocycles. The monoisotopic (exact) mass is 256 g/mol. The Kier molecular flexibility index (Phi) is 3.61. The van der Waals surface area contributed by atoms with E-state index in [1.165, 1.54) is 0 Å². The molecule has 19 heavy (non-hydrogen) atoms. The molecule has 0 aromatic heterocycles. The molecule has 4 heteroatoms. The number of esters is 1. The number of carbonyl (C=O) groups is 2. The van der Waals surface area contributed by atoms with Crippen LogP contribution in [-0.2, 0) is 9.59 Å². The van der Waals surface area contributed by atoms with Gasteiger partial charge in [-0.25, -0.2) is 4.79 Å². The van der Waals surface area contributed by atoms with Crippen molar-refractivity contribution in [1.82, 2.24) is 0 Å². The topological polar surface area (TPSA) is 63.6 Å². The van der Waals surface area contributed by atoms with Crippen LogP contribution < -0.4 is 4.74 Å². The molecule has 2 rings (SSSR count). The molecule has 0 atom stereocenters. The molecule has 0 radical (unpaired) electrons. The highest BCUT2D eigenvalue weighted by molar-refractivity contribution is 5.97. The van der Waals surface area contributed by atoms with Gasteiger partial charge in [-0.1, -0.05) is 43.0 Å². The minimum Gasteiger partial charge on any atom is -0.481 e. The summed E-state index contributed by atoms with van der Waals surface area (Å²) < 4.78 is 5.19. The minimum absolute atomic E-state index is 0.0829. The summed E-state index contributed by atoms with van der Waals surface area (Å²) in [4.78, 5) is 22.2. The predicted molar refractivity (Wildman–Crippen MR) is 71.0 cm³/mol. The SMILES string of the molecule is C=C(CC(=O)O)C(=O)Oc1cccc2ccccc12. The highest BCUT2D eigenvalue weighted by Gasteiger charge is 2.14. The summed E-state index contributed by atoms with van der Waals surface area (Å²) in [5, 5.41) is 10.3. The van der Waals surface area contributed by atoms with Gasteiger partial charge < -0.3 is 9.84 Å². The van der Waals surface area contributed by atoms with Crippen molar-refractivity contribution in [3.63, 3.8) is 0 Å². The maximum Gasteiger partial charge on any atom is 0.339 e. The Morgan fingerprint density at radius 2 is 1.79 bits per heavy atom. The fourth-order valence-electron chi connectivity index (χ4n) is 1.71. The van der Waals surface area contributed by atoms with Gasteiger partial charge in [0, 0.05) is 11.0 Å². The lowest BCUT2D eigenvalue weighted by Crippen LogP contribution is -2.13. The second-order valence-corrected chi connectivity index (χ2v) is 4.04. The van der Waals surface area contributed by atoms with E-state index >= 15 is 0 Å². The first kappa shape index (κ1) is 12.8. The molecule has 0 fully saturated rings. The van der Waals surface area contributed by atoms with Gasteiger partial charge in [0.15, 0.2) is 0 Å². The Morgan fingerprint density at radius 3 is 2.53 bits per heavy atom. The average Bonchev–Trinajstić information content (AvgIpc) is 2.38. The Labute approximate surface area is 109 Å². The van der Waals surface area contributed by atoms with Gasteiger partial charge in [0.2, 0.25) is 0 Å². The Bertz CT molecular complexity index is 653. The van der Waals surface area contributed by atoms with Crippen LogP contribution in [-0.4, -0.2) is 17.0 Å². The fraction of sp³-hybridized carbons (Fsp3) is 0.0667. The number of hydrogen-bond acceptors (Lipinski definition) is 3. The summed E-state index contributed by atoms with van der Waals surface area (Å²) in [5.74, 6) is -1.44. The first-order valence-electron chi connectivity index (χ1n) is 5.67. The van der Waals surface area contributed by atoms with Gasteiger partial charge in [-0.3, -0.25) is 4.79 Å². The number of rotatable bonds is 4. The van der Waals surface area contributed by atoms with E-state index in [9.17, 15) is 9.59 Å². The van der Waals surface area contributed by atoms with Gasteiger partial charge in [-0.05, 0) is 11.5 Å². The molecule has 96 valence electrons. The summed E-state index contributed by atoms with van der Waals surface area (Å²) in [6.45, 7) is 3.42. The van der Waals surface area contributed by atoms with Gasteiger partial charge in [0.05, 0.1) is 6.42 Å². The number of ether oxygens (including phenoxy) is 1. The molecule has 0 spiro atoms.